The lowest BCUT2D eigenvalue weighted by molar-refractivity contribution is 0.0425. The molecule has 0 radical (unpaired) electrons. The molecule has 1 aliphatic carbocycles. The molecule has 0 atom stereocenters. The van der Waals surface area contributed by atoms with Crippen molar-refractivity contribution in [1.82, 2.24) is 4.98 Å². The number of ketones is 2. The molecule has 0 amide bonds. The van der Waals surface area contributed by atoms with Crippen molar-refractivity contribution in [1.29, 1.82) is 0 Å². The van der Waals surface area contributed by atoms with Gasteiger partial charge in [-0.2, -0.15) is 0 Å². The zero-order chi connectivity index (χ0) is 13.5. The van der Waals surface area contributed by atoms with Gasteiger partial charge in [-0.1, -0.05) is 30.3 Å². The molecule has 0 saturated heterocycles. The predicted octanol–water partition coefficient (Wildman–Crippen LogP) is 1.26. The van der Waals surface area contributed by atoms with E-state index in [4.69, 9.17) is 0 Å². The second kappa shape index (κ2) is 4.00. The topological polar surface area (TPSA) is 79.3 Å². The van der Waals surface area contributed by atoms with Gasteiger partial charge in [0, 0.05) is 17.3 Å². The number of aliphatic hydroxyl groups is 1. The Balaban J connectivity index is 2.03. The predicted molar refractivity (Wildman–Crippen MR) is 67.9 cm³/mol. The summed E-state index contributed by atoms with van der Waals surface area (Å²) < 4.78 is 0. The zero-order valence-electron chi connectivity index (χ0n) is 9.83. The van der Waals surface area contributed by atoms with Crippen LogP contribution in [0.25, 0.3) is 0 Å². The molecule has 1 aromatic carbocycles. The molecule has 5 heteroatoms. The van der Waals surface area contributed by atoms with Crippen molar-refractivity contribution < 1.29 is 14.7 Å². The lowest BCUT2D eigenvalue weighted by Crippen LogP contribution is -2.49. The Morgan fingerprint density at radius 1 is 0.947 bits per heavy atom. The molecule has 0 fully saturated rings. The highest BCUT2D eigenvalue weighted by atomic mass is 16.3. The molecule has 2 aromatic rings. The molecule has 0 aliphatic heterocycles. The molecule has 1 heterocycles. The number of benzene rings is 1. The number of carbonyl (C=O) groups is 2. The summed E-state index contributed by atoms with van der Waals surface area (Å²) in [5, 5.41) is 12.9. The van der Waals surface area contributed by atoms with Crippen molar-refractivity contribution in [3.63, 3.8) is 0 Å². The third-order valence-corrected chi connectivity index (χ3v) is 3.05. The Hall–Kier alpha value is -2.53. The lowest BCUT2D eigenvalue weighted by Gasteiger charge is -2.20. The van der Waals surface area contributed by atoms with Gasteiger partial charge in [-0.05, 0) is 12.1 Å². The largest absolute Gasteiger partial charge is 0.358 e. The van der Waals surface area contributed by atoms with E-state index in [1.807, 2.05) is 0 Å². The molecule has 0 bridgehead atoms. The number of fused-ring (bicyclic) bond motifs is 1. The molecule has 0 saturated carbocycles. The van der Waals surface area contributed by atoms with Crippen LogP contribution >= 0.6 is 0 Å². The molecule has 5 nitrogen and oxygen atoms in total. The fourth-order valence-corrected chi connectivity index (χ4v) is 2.11. The van der Waals surface area contributed by atoms with E-state index < -0.39 is 17.3 Å². The van der Waals surface area contributed by atoms with Crippen LogP contribution < -0.4 is 5.32 Å². The Kier molecular flexibility index (Phi) is 2.43. The average molecular weight is 254 g/mol. The van der Waals surface area contributed by atoms with Crippen LogP contribution in [0.2, 0.25) is 0 Å². The first-order valence-corrected chi connectivity index (χ1v) is 5.73. The lowest BCUT2D eigenvalue weighted by atomic mass is 10.1. The number of aromatic nitrogens is 1. The van der Waals surface area contributed by atoms with Gasteiger partial charge in [0.05, 0.1) is 0 Å². The maximum Gasteiger partial charge on any atom is 0.267 e. The summed E-state index contributed by atoms with van der Waals surface area (Å²) in [5.74, 6) is -1.04. The number of Topliss-reactive ketones (excluding diaryl/α,β-unsaturated/α-hetero) is 2. The summed E-state index contributed by atoms with van der Waals surface area (Å²) in [6.07, 6.45) is 1.50. The monoisotopic (exact) mass is 254 g/mol. The summed E-state index contributed by atoms with van der Waals surface area (Å²) in [4.78, 5) is 28.3. The van der Waals surface area contributed by atoms with Gasteiger partial charge in [0.15, 0.2) is 0 Å². The van der Waals surface area contributed by atoms with Crippen molar-refractivity contribution in [2.45, 2.75) is 5.72 Å². The first kappa shape index (κ1) is 11.6. The van der Waals surface area contributed by atoms with Crippen LogP contribution in [0.5, 0.6) is 0 Å². The van der Waals surface area contributed by atoms with Crippen LogP contribution in [-0.2, 0) is 0 Å². The standard InChI is InChI=1S/C14H10N2O3/c17-12-9-5-1-2-6-10(9)13(18)14(12,19)16-11-7-3-4-8-15-11/h1-8,19H,(H,15,16). The van der Waals surface area contributed by atoms with E-state index in [1.54, 1.807) is 30.3 Å². The van der Waals surface area contributed by atoms with Crippen molar-refractivity contribution in [3.8, 4) is 0 Å². The van der Waals surface area contributed by atoms with Gasteiger partial charge >= 0.3 is 0 Å². The van der Waals surface area contributed by atoms with Gasteiger partial charge in [0.25, 0.3) is 5.72 Å². The van der Waals surface area contributed by atoms with Gasteiger partial charge in [-0.25, -0.2) is 4.98 Å². The van der Waals surface area contributed by atoms with Crippen LogP contribution in [0.3, 0.4) is 0 Å². The normalized spacial score (nSPS) is 16.3. The molecule has 0 unspecified atom stereocenters. The minimum Gasteiger partial charge on any atom is -0.358 e. The molecule has 3 rings (SSSR count). The number of hydrogen-bond acceptors (Lipinski definition) is 5. The van der Waals surface area contributed by atoms with Crippen LogP contribution in [0.1, 0.15) is 20.7 Å². The molecule has 2 N–H and O–H groups in total. The maximum atomic E-state index is 12.2. The van der Waals surface area contributed by atoms with Gasteiger partial charge in [-0.15, -0.1) is 0 Å². The van der Waals surface area contributed by atoms with E-state index in [0.717, 1.165) is 0 Å². The van der Waals surface area contributed by atoms with Crippen molar-refractivity contribution in [3.05, 3.63) is 59.8 Å². The van der Waals surface area contributed by atoms with E-state index in [2.05, 4.69) is 10.3 Å². The number of nitrogens with zero attached hydrogens (tertiary/aromatic N) is 1. The van der Waals surface area contributed by atoms with Gasteiger partial charge < -0.3 is 10.4 Å². The fourth-order valence-electron chi connectivity index (χ4n) is 2.11. The van der Waals surface area contributed by atoms with E-state index in [-0.39, 0.29) is 16.9 Å². The molecule has 1 aromatic heterocycles. The number of nitrogens with one attached hydrogen (secondary N) is 1. The average Bonchev–Trinajstić information content (AvgIpc) is 2.63. The molecular formula is C14H10N2O3. The number of rotatable bonds is 2. The number of hydrogen-bond donors (Lipinski definition) is 2. The Bertz CT molecular complexity index is 632. The van der Waals surface area contributed by atoms with Crippen LogP contribution in [0, 0.1) is 0 Å². The second-order valence-corrected chi connectivity index (χ2v) is 4.25. The molecular weight excluding hydrogens is 244 g/mol. The minimum absolute atomic E-state index is 0.221. The van der Waals surface area contributed by atoms with Crippen LogP contribution in [0.4, 0.5) is 5.82 Å². The first-order chi connectivity index (χ1) is 9.13. The maximum absolute atomic E-state index is 12.2. The van der Waals surface area contributed by atoms with Crippen molar-refractivity contribution in [2.24, 2.45) is 0 Å². The summed E-state index contributed by atoms with van der Waals surface area (Å²) in [5.41, 5.74) is -1.82. The van der Waals surface area contributed by atoms with Gasteiger partial charge in [-0.3, -0.25) is 9.59 Å². The van der Waals surface area contributed by atoms with Crippen LogP contribution in [0.15, 0.2) is 48.7 Å². The minimum atomic E-state index is -2.27. The van der Waals surface area contributed by atoms with E-state index in [0.29, 0.717) is 0 Å². The Morgan fingerprint density at radius 3 is 2.05 bits per heavy atom. The molecule has 0 spiro atoms. The number of anilines is 1. The fraction of sp³-hybridized carbons (Fsp3) is 0.0714. The van der Waals surface area contributed by atoms with Crippen LogP contribution in [-0.4, -0.2) is 27.4 Å². The summed E-state index contributed by atoms with van der Waals surface area (Å²) in [7, 11) is 0. The van der Waals surface area contributed by atoms with Gasteiger partial charge in [0.2, 0.25) is 11.6 Å². The Labute approximate surface area is 108 Å². The zero-order valence-corrected chi connectivity index (χ0v) is 9.83. The molecule has 94 valence electrons. The second-order valence-electron chi connectivity index (χ2n) is 4.25. The summed E-state index contributed by atoms with van der Waals surface area (Å²) in [6.45, 7) is 0. The highest BCUT2D eigenvalue weighted by Crippen LogP contribution is 2.30. The molecule has 1 aliphatic rings. The van der Waals surface area contributed by atoms with Gasteiger partial charge in [0.1, 0.15) is 5.82 Å². The highest BCUT2D eigenvalue weighted by Gasteiger charge is 2.52. The van der Waals surface area contributed by atoms with E-state index in [9.17, 15) is 14.7 Å². The third kappa shape index (κ3) is 1.63. The Morgan fingerprint density at radius 2 is 1.53 bits per heavy atom. The van der Waals surface area contributed by atoms with E-state index in [1.165, 1.54) is 18.3 Å². The number of carbonyl (C=O) groups excluding carboxylic acids is 2. The quantitative estimate of drug-likeness (QED) is 0.623. The van der Waals surface area contributed by atoms with Crippen molar-refractivity contribution in [2.75, 3.05) is 5.32 Å². The molecule has 19 heavy (non-hydrogen) atoms. The third-order valence-electron chi connectivity index (χ3n) is 3.05. The highest BCUT2D eigenvalue weighted by molar-refractivity contribution is 6.32. The van der Waals surface area contributed by atoms with E-state index >= 15 is 0 Å². The van der Waals surface area contributed by atoms with Crippen molar-refractivity contribution >= 4 is 17.4 Å². The SMILES string of the molecule is O=C1c2ccccc2C(=O)C1(O)Nc1ccccn1. The summed E-state index contributed by atoms with van der Waals surface area (Å²) in [6, 6.07) is 11.3. The smallest absolute Gasteiger partial charge is 0.267 e. The summed E-state index contributed by atoms with van der Waals surface area (Å²) >= 11 is 0. The first-order valence-electron chi connectivity index (χ1n) is 5.73. The number of pyridine rings is 1.